The van der Waals surface area contributed by atoms with E-state index < -0.39 is 0 Å². The van der Waals surface area contributed by atoms with Crippen molar-refractivity contribution in [2.24, 2.45) is 5.73 Å². The molecule has 8 heteroatoms. The summed E-state index contributed by atoms with van der Waals surface area (Å²) >= 11 is 0. The Morgan fingerprint density at radius 2 is 2.17 bits per heavy atom. The molecule has 0 saturated carbocycles. The van der Waals surface area contributed by atoms with Crippen LogP contribution in [0.1, 0.15) is 27.3 Å². The lowest BCUT2D eigenvalue weighted by molar-refractivity contribution is 0.0777. The second-order valence-electron chi connectivity index (χ2n) is 5.36. The average molecular weight is 318 g/mol. The summed E-state index contributed by atoms with van der Waals surface area (Å²) in [5.74, 6) is 0.582. The van der Waals surface area contributed by atoms with Crippen LogP contribution in [0.3, 0.4) is 0 Å². The minimum Gasteiger partial charge on any atom is -0.496 e. The molecular weight excluding hydrogens is 296 g/mol. The summed E-state index contributed by atoms with van der Waals surface area (Å²) in [4.78, 5) is 18.4. The molecule has 124 valence electrons. The van der Waals surface area contributed by atoms with Crippen LogP contribution in [0.25, 0.3) is 0 Å². The van der Waals surface area contributed by atoms with Gasteiger partial charge < -0.3 is 15.4 Å². The molecule has 2 aromatic rings. The van der Waals surface area contributed by atoms with Crippen LogP contribution in [-0.4, -0.2) is 51.5 Å². The fourth-order valence-corrected chi connectivity index (χ4v) is 2.36. The molecule has 0 bridgehead atoms. The fourth-order valence-electron chi connectivity index (χ4n) is 2.36. The zero-order valence-electron chi connectivity index (χ0n) is 13.9. The maximum atomic E-state index is 12.4. The minimum absolute atomic E-state index is 0.214. The van der Waals surface area contributed by atoms with Crippen molar-refractivity contribution in [3.63, 3.8) is 0 Å². The van der Waals surface area contributed by atoms with E-state index in [1.807, 2.05) is 13.8 Å². The van der Waals surface area contributed by atoms with Gasteiger partial charge in [-0.15, -0.1) is 5.10 Å². The van der Waals surface area contributed by atoms with Crippen LogP contribution in [0.2, 0.25) is 0 Å². The molecule has 0 saturated heterocycles. The maximum Gasteiger partial charge on any atom is 0.276 e. The van der Waals surface area contributed by atoms with E-state index in [4.69, 9.17) is 10.5 Å². The first-order valence-corrected chi connectivity index (χ1v) is 7.32. The first-order chi connectivity index (χ1) is 11.0. The Balaban J connectivity index is 2.14. The summed E-state index contributed by atoms with van der Waals surface area (Å²) in [5.41, 5.74) is 8.43. The number of ether oxygens (including phenoxy) is 1. The van der Waals surface area contributed by atoms with Crippen molar-refractivity contribution in [2.45, 2.75) is 26.9 Å². The van der Waals surface area contributed by atoms with E-state index >= 15 is 0 Å². The standard InChI is InChI=1S/C15H22N6O2/c1-10-7-17-12(11(2)14(10)23-4)8-20(3)15(22)13-9-21(6-5-16)19-18-13/h7,9H,5-6,8,16H2,1-4H3. The fraction of sp³-hybridized carbons (Fsp3) is 0.467. The summed E-state index contributed by atoms with van der Waals surface area (Å²) in [6.07, 6.45) is 3.35. The van der Waals surface area contributed by atoms with Crippen LogP contribution in [0.15, 0.2) is 12.4 Å². The number of carbonyl (C=O) groups excluding carboxylic acids is 1. The highest BCUT2D eigenvalue weighted by atomic mass is 16.5. The van der Waals surface area contributed by atoms with Crippen LogP contribution >= 0.6 is 0 Å². The third-order valence-corrected chi connectivity index (χ3v) is 3.60. The Hall–Kier alpha value is -2.48. The van der Waals surface area contributed by atoms with E-state index in [1.54, 1.807) is 36.1 Å². The van der Waals surface area contributed by atoms with Gasteiger partial charge in [0.1, 0.15) is 5.75 Å². The van der Waals surface area contributed by atoms with Crippen molar-refractivity contribution < 1.29 is 9.53 Å². The highest BCUT2D eigenvalue weighted by molar-refractivity contribution is 5.91. The quantitative estimate of drug-likeness (QED) is 0.834. The van der Waals surface area contributed by atoms with E-state index in [0.717, 1.165) is 22.6 Å². The number of carbonyl (C=O) groups is 1. The van der Waals surface area contributed by atoms with Crippen LogP contribution in [0.5, 0.6) is 5.75 Å². The Labute approximate surface area is 135 Å². The third kappa shape index (κ3) is 3.65. The zero-order valence-corrected chi connectivity index (χ0v) is 13.9. The van der Waals surface area contributed by atoms with Crippen molar-refractivity contribution in [3.8, 4) is 5.75 Å². The molecule has 1 amide bonds. The molecular formula is C15H22N6O2. The molecule has 0 atom stereocenters. The Kier molecular flexibility index (Phi) is 5.28. The van der Waals surface area contributed by atoms with E-state index in [-0.39, 0.29) is 11.6 Å². The smallest absolute Gasteiger partial charge is 0.276 e. The molecule has 23 heavy (non-hydrogen) atoms. The number of nitrogens with two attached hydrogens (primary N) is 1. The number of rotatable bonds is 6. The monoisotopic (exact) mass is 318 g/mol. The molecule has 0 unspecified atom stereocenters. The predicted octanol–water partition coefficient (Wildman–Crippen LogP) is 0.529. The van der Waals surface area contributed by atoms with E-state index in [0.29, 0.717) is 19.6 Å². The lowest BCUT2D eigenvalue weighted by Crippen LogP contribution is -2.27. The summed E-state index contributed by atoms with van der Waals surface area (Å²) in [6.45, 7) is 5.21. The van der Waals surface area contributed by atoms with Crippen LogP contribution in [0.4, 0.5) is 0 Å². The molecule has 2 heterocycles. The van der Waals surface area contributed by atoms with Crippen LogP contribution < -0.4 is 10.5 Å². The number of methoxy groups -OCH3 is 1. The second kappa shape index (κ2) is 7.19. The first kappa shape index (κ1) is 16.9. The van der Waals surface area contributed by atoms with Gasteiger partial charge in [-0.2, -0.15) is 0 Å². The molecule has 0 aliphatic heterocycles. The predicted molar refractivity (Wildman–Crippen MR) is 85.1 cm³/mol. The van der Waals surface area contributed by atoms with Gasteiger partial charge in [0.2, 0.25) is 0 Å². The molecule has 0 aliphatic carbocycles. The minimum atomic E-state index is -0.214. The van der Waals surface area contributed by atoms with Gasteiger partial charge in [0.15, 0.2) is 5.69 Å². The summed E-state index contributed by atoms with van der Waals surface area (Å²) < 4.78 is 6.95. The van der Waals surface area contributed by atoms with Gasteiger partial charge in [0.05, 0.1) is 32.1 Å². The van der Waals surface area contributed by atoms with Crippen molar-refractivity contribution in [1.82, 2.24) is 24.9 Å². The number of aromatic nitrogens is 4. The summed E-state index contributed by atoms with van der Waals surface area (Å²) in [7, 11) is 3.33. The molecule has 2 aromatic heterocycles. The Bertz CT molecular complexity index is 697. The topological polar surface area (TPSA) is 99.2 Å². The van der Waals surface area contributed by atoms with Gasteiger partial charge in [-0.1, -0.05) is 5.21 Å². The normalized spacial score (nSPS) is 10.7. The Morgan fingerprint density at radius 3 is 2.83 bits per heavy atom. The average Bonchev–Trinajstić information content (AvgIpc) is 2.99. The second-order valence-corrected chi connectivity index (χ2v) is 5.36. The van der Waals surface area contributed by atoms with Crippen molar-refractivity contribution >= 4 is 5.91 Å². The maximum absolute atomic E-state index is 12.4. The lowest BCUT2D eigenvalue weighted by atomic mass is 10.1. The molecule has 2 N–H and O–H groups in total. The first-order valence-electron chi connectivity index (χ1n) is 7.32. The molecule has 2 rings (SSSR count). The van der Waals surface area contributed by atoms with Gasteiger partial charge in [-0.3, -0.25) is 14.5 Å². The number of hydrogen-bond donors (Lipinski definition) is 1. The molecule has 0 radical (unpaired) electrons. The van der Waals surface area contributed by atoms with E-state index in [2.05, 4.69) is 15.3 Å². The lowest BCUT2D eigenvalue weighted by Gasteiger charge is -2.18. The summed E-state index contributed by atoms with van der Waals surface area (Å²) in [5, 5.41) is 7.77. The van der Waals surface area contributed by atoms with Crippen molar-refractivity contribution in [3.05, 3.63) is 34.9 Å². The number of nitrogens with zero attached hydrogens (tertiary/aromatic N) is 5. The van der Waals surface area contributed by atoms with Crippen LogP contribution in [-0.2, 0) is 13.1 Å². The highest BCUT2D eigenvalue weighted by Gasteiger charge is 2.18. The van der Waals surface area contributed by atoms with E-state index in [9.17, 15) is 4.79 Å². The number of hydrogen-bond acceptors (Lipinski definition) is 6. The zero-order chi connectivity index (χ0) is 17.0. The van der Waals surface area contributed by atoms with Gasteiger partial charge in [0.25, 0.3) is 5.91 Å². The number of amides is 1. The van der Waals surface area contributed by atoms with Crippen molar-refractivity contribution in [2.75, 3.05) is 20.7 Å². The van der Waals surface area contributed by atoms with Gasteiger partial charge in [-0.25, -0.2) is 0 Å². The van der Waals surface area contributed by atoms with Gasteiger partial charge >= 0.3 is 0 Å². The number of pyridine rings is 1. The van der Waals surface area contributed by atoms with Crippen LogP contribution in [0, 0.1) is 13.8 Å². The highest BCUT2D eigenvalue weighted by Crippen LogP contribution is 2.24. The molecule has 0 aromatic carbocycles. The molecule has 0 aliphatic rings. The molecule has 0 fully saturated rings. The summed E-state index contributed by atoms with van der Waals surface area (Å²) in [6, 6.07) is 0. The largest absolute Gasteiger partial charge is 0.496 e. The molecule has 0 spiro atoms. The van der Waals surface area contributed by atoms with Crippen molar-refractivity contribution in [1.29, 1.82) is 0 Å². The third-order valence-electron chi connectivity index (χ3n) is 3.60. The van der Waals surface area contributed by atoms with E-state index in [1.165, 1.54) is 0 Å². The molecule has 8 nitrogen and oxygen atoms in total. The SMILES string of the molecule is COc1c(C)cnc(CN(C)C(=O)c2cn(CCN)nn2)c1C. The van der Waals surface area contributed by atoms with Gasteiger partial charge in [-0.05, 0) is 13.8 Å². The Morgan fingerprint density at radius 1 is 1.43 bits per heavy atom. The van der Waals surface area contributed by atoms with Gasteiger partial charge in [0, 0.05) is 30.9 Å². The number of aryl methyl sites for hydroxylation is 1.